The van der Waals surface area contributed by atoms with E-state index < -0.39 is 10.0 Å². The fourth-order valence-corrected chi connectivity index (χ4v) is 3.15. The molecular formula is C14H24N2O2S. The zero-order valence-corrected chi connectivity index (χ0v) is 12.9. The minimum Gasteiger partial charge on any atom is -0.298 e. The minimum atomic E-state index is -3.64. The van der Waals surface area contributed by atoms with Crippen LogP contribution >= 0.6 is 0 Å². The molecule has 0 aliphatic heterocycles. The first-order valence-electron chi connectivity index (χ1n) is 6.60. The van der Waals surface area contributed by atoms with Crippen molar-refractivity contribution in [3.63, 3.8) is 0 Å². The van der Waals surface area contributed by atoms with Gasteiger partial charge in [-0.25, -0.2) is 13.6 Å². The Kier molecular flexibility index (Phi) is 5.52. The molecule has 0 fully saturated rings. The summed E-state index contributed by atoms with van der Waals surface area (Å²) in [4.78, 5) is 2.57. The highest BCUT2D eigenvalue weighted by Gasteiger charge is 2.16. The van der Waals surface area contributed by atoms with Crippen molar-refractivity contribution >= 4 is 10.0 Å². The number of hydrogen-bond acceptors (Lipinski definition) is 3. The molecule has 1 aromatic carbocycles. The third-order valence-corrected chi connectivity index (χ3v) is 4.26. The van der Waals surface area contributed by atoms with E-state index in [0.717, 1.165) is 12.1 Å². The molecule has 0 aromatic heterocycles. The van der Waals surface area contributed by atoms with E-state index in [9.17, 15) is 8.42 Å². The SMILES string of the molecule is CC(C)N(CCc1ccccc1S(N)(=O)=O)C(C)C. The second-order valence-corrected chi connectivity index (χ2v) is 6.86. The summed E-state index contributed by atoms with van der Waals surface area (Å²) in [5, 5.41) is 5.24. The Morgan fingerprint density at radius 1 is 1.11 bits per heavy atom. The van der Waals surface area contributed by atoms with Crippen LogP contribution in [-0.2, 0) is 16.4 Å². The lowest BCUT2D eigenvalue weighted by Crippen LogP contribution is -2.38. The molecule has 2 N–H and O–H groups in total. The van der Waals surface area contributed by atoms with Crippen LogP contribution in [0, 0.1) is 0 Å². The number of hydrogen-bond donors (Lipinski definition) is 1. The Morgan fingerprint density at radius 3 is 2.11 bits per heavy atom. The molecule has 108 valence electrons. The maximum absolute atomic E-state index is 11.5. The number of benzene rings is 1. The van der Waals surface area contributed by atoms with Crippen LogP contribution in [0.25, 0.3) is 0 Å². The third kappa shape index (κ3) is 4.60. The zero-order valence-electron chi connectivity index (χ0n) is 12.1. The Morgan fingerprint density at radius 2 is 1.63 bits per heavy atom. The Hall–Kier alpha value is -0.910. The van der Waals surface area contributed by atoms with Crippen molar-refractivity contribution in [2.24, 2.45) is 5.14 Å². The number of rotatable bonds is 6. The molecule has 0 bridgehead atoms. The summed E-state index contributed by atoms with van der Waals surface area (Å²) in [5.74, 6) is 0. The van der Waals surface area contributed by atoms with Crippen LogP contribution in [0.15, 0.2) is 29.2 Å². The fourth-order valence-electron chi connectivity index (χ4n) is 2.35. The molecular weight excluding hydrogens is 260 g/mol. The predicted octanol–water partition coefficient (Wildman–Crippen LogP) is 2.00. The van der Waals surface area contributed by atoms with E-state index in [1.165, 1.54) is 0 Å². The van der Waals surface area contributed by atoms with E-state index in [2.05, 4.69) is 32.6 Å². The van der Waals surface area contributed by atoms with E-state index in [1.54, 1.807) is 12.1 Å². The van der Waals surface area contributed by atoms with Gasteiger partial charge in [-0.15, -0.1) is 0 Å². The summed E-state index contributed by atoms with van der Waals surface area (Å²) >= 11 is 0. The van der Waals surface area contributed by atoms with E-state index in [4.69, 9.17) is 5.14 Å². The molecule has 1 aromatic rings. The van der Waals surface area contributed by atoms with Gasteiger partial charge in [0.05, 0.1) is 4.90 Å². The lowest BCUT2D eigenvalue weighted by atomic mass is 10.1. The molecule has 0 aliphatic carbocycles. The predicted molar refractivity (Wildman–Crippen MR) is 78.5 cm³/mol. The van der Waals surface area contributed by atoms with Crippen molar-refractivity contribution in [1.29, 1.82) is 0 Å². The summed E-state index contributed by atoms with van der Waals surface area (Å²) in [6, 6.07) is 7.81. The van der Waals surface area contributed by atoms with Gasteiger partial charge < -0.3 is 0 Å². The lowest BCUT2D eigenvalue weighted by Gasteiger charge is -2.30. The van der Waals surface area contributed by atoms with Crippen LogP contribution in [0.4, 0.5) is 0 Å². The lowest BCUT2D eigenvalue weighted by molar-refractivity contribution is 0.177. The largest absolute Gasteiger partial charge is 0.298 e. The molecule has 0 aliphatic rings. The van der Waals surface area contributed by atoms with Gasteiger partial charge in [0.15, 0.2) is 0 Å². The van der Waals surface area contributed by atoms with Crippen molar-refractivity contribution in [3.8, 4) is 0 Å². The van der Waals surface area contributed by atoms with E-state index >= 15 is 0 Å². The summed E-state index contributed by atoms with van der Waals surface area (Å²) in [6.07, 6.45) is 0.683. The first-order chi connectivity index (χ1) is 8.73. The fraction of sp³-hybridized carbons (Fsp3) is 0.571. The third-order valence-electron chi connectivity index (χ3n) is 3.25. The van der Waals surface area contributed by atoms with Gasteiger partial charge in [0.1, 0.15) is 0 Å². The zero-order chi connectivity index (χ0) is 14.6. The van der Waals surface area contributed by atoms with E-state index in [1.807, 2.05) is 12.1 Å². The second kappa shape index (κ2) is 6.50. The maximum Gasteiger partial charge on any atom is 0.238 e. The molecule has 4 nitrogen and oxygen atoms in total. The molecule has 0 unspecified atom stereocenters. The van der Waals surface area contributed by atoms with Crippen molar-refractivity contribution in [2.75, 3.05) is 6.54 Å². The second-order valence-electron chi connectivity index (χ2n) is 5.33. The van der Waals surface area contributed by atoms with E-state index in [0.29, 0.717) is 18.5 Å². The van der Waals surface area contributed by atoms with E-state index in [-0.39, 0.29) is 4.90 Å². The van der Waals surface area contributed by atoms with Gasteiger partial charge in [-0.2, -0.15) is 0 Å². The van der Waals surface area contributed by atoms with Crippen LogP contribution in [0.5, 0.6) is 0 Å². The summed E-state index contributed by atoms with van der Waals surface area (Å²) in [6.45, 7) is 9.40. The standard InChI is InChI=1S/C14H24N2O2S/c1-11(2)16(12(3)4)10-9-13-7-5-6-8-14(13)19(15,17)18/h5-8,11-12H,9-10H2,1-4H3,(H2,15,17,18). The van der Waals surface area contributed by atoms with Crippen LogP contribution in [0.3, 0.4) is 0 Å². The van der Waals surface area contributed by atoms with Crippen LogP contribution < -0.4 is 5.14 Å². The monoisotopic (exact) mass is 284 g/mol. The molecule has 0 atom stereocenters. The highest BCUT2D eigenvalue weighted by atomic mass is 32.2. The van der Waals surface area contributed by atoms with Gasteiger partial charge in [0.25, 0.3) is 0 Å². The molecule has 1 rings (SSSR count). The Balaban J connectivity index is 2.89. The Labute approximate surface area is 116 Å². The quantitative estimate of drug-likeness (QED) is 0.869. The summed E-state index contributed by atoms with van der Waals surface area (Å²) < 4.78 is 23.1. The van der Waals surface area contributed by atoms with Crippen molar-refractivity contribution in [3.05, 3.63) is 29.8 Å². The maximum atomic E-state index is 11.5. The van der Waals surface area contributed by atoms with Gasteiger partial charge in [-0.3, -0.25) is 4.90 Å². The highest BCUT2D eigenvalue weighted by Crippen LogP contribution is 2.16. The smallest absolute Gasteiger partial charge is 0.238 e. The molecule has 0 saturated heterocycles. The summed E-state index contributed by atoms with van der Waals surface area (Å²) in [5.41, 5.74) is 0.788. The van der Waals surface area contributed by atoms with Crippen LogP contribution in [-0.4, -0.2) is 31.9 Å². The number of sulfonamides is 1. The minimum absolute atomic E-state index is 0.238. The van der Waals surface area contributed by atoms with Crippen molar-refractivity contribution < 1.29 is 8.42 Å². The molecule has 5 heteroatoms. The summed E-state index contributed by atoms with van der Waals surface area (Å²) in [7, 11) is -3.64. The highest BCUT2D eigenvalue weighted by molar-refractivity contribution is 7.89. The normalized spacial score (nSPS) is 12.6. The number of nitrogens with two attached hydrogens (primary N) is 1. The molecule has 0 amide bonds. The molecule has 0 radical (unpaired) electrons. The van der Waals surface area contributed by atoms with Gasteiger partial charge in [0, 0.05) is 18.6 Å². The first kappa shape index (κ1) is 16.1. The molecule has 19 heavy (non-hydrogen) atoms. The van der Waals surface area contributed by atoms with Gasteiger partial charge in [-0.1, -0.05) is 18.2 Å². The molecule has 0 saturated carbocycles. The first-order valence-corrected chi connectivity index (χ1v) is 8.14. The van der Waals surface area contributed by atoms with Crippen molar-refractivity contribution in [1.82, 2.24) is 4.90 Å². The van der Waals surface area contributed by atoms with Gasteiger partial charge in [0.2, 0.25) is 10.0 Å². The molecule has 0 heterocycles. The average Bonchev–Trinajstić information content (AvgIpc) is 2.27. The number of nitrogens with zero attached hydrogens (tertiary/aromatic N) is 1. The molecule has 0 spiro atoms. The van der Waals surface area contributed by atoms with Crippen LogP contribution in [0.1, 0.15) is 33.3 Å². The Bertz CT molecular complexity index is 502. The van der Waals surface area contributed by atoms with Crippen molar-refractivity contribution in [2.45, 2.75) is 51.1 Å². The van der Waals surface area contributed by atoms with Gasteiger partial charge in [-0.05, 0) is 45.7 Å². The van der Waals surface area contributed by atoms with Gasteiger partial charge >= 0.3 is 0 Å². The van der Waals surface area contributed by atoms with Crippen LogP contribution in [0.2, 0.25) is 0 Å². The average molecular weight is 284 g/mol. The topological polar surface area (TPSA) is 63.4 Å². The number of primary sulfonamides is 1.